The third-order valence-electron chi connectivity index (χ3n) is 5.33. The van der Waals surface area contributed by atoms with Crippen molar-refractivity contribution < 1.29 is 4.39 Å². The third-order valence-corrected chi connectivity index (χ3v) is 5.33. The Labute approximate surface area is 154 Å². The molecule has 1 nitrogen and oxygen atoms in total. The lowest BCUT2D eigenvalue weighted by Gasteiger charge is -2.36. The van der Waals surface area contributed by atoms with Gasteiger partial charge in [0.15, 0.2) is 0 Å². The van der Waals surface area contributed by atoms with Crippen molar-refractivity contribution in [3.05, 3.63) is 107 Å². The molecule has 3 aromatic rings. The van der Waals surface area contributed by atoms with Crippen molar-refractivity contribution in [2.45, 2.75) is 11.8 Å². The second kappa shape index (κ2) is 6.45. The fourth-order valence-corrected chi connectivity index (χ4v) is 3.87. The van der Waals surface area contributed by atoms with Gasteiger partial charge in [0, 0.05) is 30.8 Å². The van der Waals surface area contributed by atoms with Gasteiger partial charge in [-0.2, -0.15) is 0 Å². The molecule has 0 saturated carbocycles. The summed E-state index contributed by atoms with van der Waals surface area (Å²) in [5, 5.41) is 0. The maximum Gasteiger partial charge on any atom is 0.127 e. The number of halogens is 1. The van der Waals surface area contributed by atoms with E-state index >= 15 is 0 Å². The second-order valence-electron chi connectivity index (χ2n) is 7.10. The molecular formula is C24H22FN. The van der Waals surface area contributed by atoms with Gasteiger partial charge >= 0.3 is 0 Å². The van der Waals surface area contributed by atoms with Gasteiger partial charge in [-0.15, -0.1) is 0 Å². The molecule has 0 saturated heterocycles. The van der Waals surface area contributed by atoms with Gasteiger partial charge in [0.1, 0.15) is 5.82 Å². The Morgan fingerprint density at radius 3 is 2.27 bits per heavy atom. The van der Waals surface area contributed by atoms with Gasteiger partial charge < -0.3 is 4.90 Å². The molecule has 0 bridgehead atoms. The average Bonchev–Trinajstić information content (AvgIpc) is 2.68. The van der Waals surface area contributed by atoms with Gasteiger partial charge in [0.05, 0.1) is 0 Å². The summed E-state index contributed by atoms with van der Waals surface area (Å²) in [4.78, 5) is 2.07. The Bertz CT molecular complexity index is 956. The molecule has 26 heavy (non-hydrogen) atoms. The van der Waals surface area contributed by atoms with Gasteiger partial charge in [-0.25, -0.2) is 4.39 Å². The molecule has 1 aliphatic rings. The molecule has 4 rings (SSSR count). The van der Waals surface area contributed by atoms with E-state index in [4.69, 9.17) is 0 Å². The van der Waals surface area contributed by atoms with Crippen LogP contribution in [0.5, 0.6) is 0 Å². The molecule has 0 radical (unpaired) electrons. The van der Waals surface area contributed by atoms with E-state index in [2.05, 4.69) is 59.5 Å². The Hall–Kier alpha value is -2.87. The lowest BCUT2D eigenvalue weighted by atomic mass is 9.67. The lowest BCUT2D eigenvalue weighted by Crippen LogP contribution is -2.31. The summed E-state index contributed by atoms with van der Waals surface area (Å²) in [5.41, 5.74) is 4.93. The van der Waals surface area contributed by atoms with Crippen LogP contribution in [0.3, 0.4) is 0 Å². The highest BCUT2D eigenvalue weighted by Crippen LogP contribution is 2.42. The van der Waals surface area contributed by atoms with E-state index in [1.807, 2.05) is 32.3 Å². The largest absolute Gasteiger partial charge is 0.378 e. The molecule has 3 aromatic carbocycles. The normalized spacial score (nSPS) is 18.4. The van der Waals surface area contributed by atoms with Crippen LogP contribution in [-0.2, 0) is 11.8 Å². The zero-order chi connectivity index (χ0) is 18.1. The number of allylic oxidation sites excluding steroid dienone is 1. The van der Waals surface area contributed by atoms with Crippen LogP contribution in [-0.4, -0.2) is 14.1 Å². The molecule has 0 aromatic heterocycles. The van der Waals surface area contributed by atoms with E-state index in [1.54, 1.807) is 12.1 Å². The van der Waals surface area contributed by atoms with Crippen LogP contribution in [0.4, 0.5) is 10.1 Å². The number of hydrogen-bond donors (Lipinski definition) is 0. The zero-order valence-corrected chi connectivity index (χ0v) is 15.1. The number of rotatable bonds is 3. The molecule has 1 aliphatic carbocycles. The number of benzene rings is 3. The number of nitrogens with zero attached hydrogens (tertiary/aromatic N) is 1. The first kappa shape index (κ1) is 16.6. The van der Waals surface area contributed by atoms with Crippen molar-refractivity contribution in [1.29, 1.82) is 0 Å². The molecule has 0 spiro atoms. The molecule has 0 aliphatic heterocycles. The second-order valence-corrected chi connectivity index (χ2v) is 7.10. The summed E-state index contributed by atoms with van der Waals surface area (Å²) in [6, 6.07) is 24.0. The fourth-order valence-electron chi connectivity index (χ4n) is 3.87. The standard InChI is InChI=1S/C24H22FN/c1-26(2)21-13-11-20(12-14-21)24(22-9-5-6-10-23(22)25)16-15-18-7-3-4-8-19(18)17-24/h3-16H,17H2,1-2H3. The SMILES string of the molecule is CN(C)c1ccc(C2(c3ccccc3F)C=Cc3ccccc3C2)cc1. The lowest BCUT2D eigenvalue weighted by molar-refractivity contribution is 0.548. The summed E-state index contributed by atoms with van der Waals surface area (Å²) in [5.74, 6) is -0.159. The molecule has 1 atom stereocenters. The summed E-state index contributed by atoms with van der Waals surface area (Å²) < 4.78 is 14.8. The number of anilines is 1. The first-order valence-corrected chi connectivity index (χ1v) is 8.90. The minimum Gasteiger partial charge on any atom is -0.378 e. The number of fused-ring (bicyclic) bond motifs is 1. The monoisotopic (exact) mass is 343 g/mol. The molecule has 0 amide bonds. The molecule has 2 heteroatoms. The first-order valence-electron chi connectivity index (χ1n) is 8.90. The van der Waals surface area contributed by atoms with Crippen molar-refractivity contribution in [3.63, 3.8) is 0 Å². The summed E-state index contributed by atoms with van der Waals surface area (Å²) in [6.45, 7) is 0. The predicted molar refractivity (Wildman–Crippen MR) is 107 cm³/mol. The molecule has 0 heterocycles. The van der Waals surface area contributed by atoms with E-state index in [-0.39, 0.29) is 5.82 Å². The summed E-state index contributed by atoms with van der Waals surface area (Å²) >= 11 is 0. The molecule has 1 unspecified atom stereocenters. The van der Waals surface area contributed by atoms with Crippen LogP contribution in [0.25, 0.3) is 6.08 Å². The molecule has 0 fully saturated rings. The minimum atomic E-state index is -0.495. The predicted octanol–water partition coefficient (Wildman–Crippen LogP) is 5.45. The van der Waals surface area contributed by atoms with Crippen molar-refractivity contribution in [2.75, 3.05) is 19.0 Å². The van der Waals surface area contributed by atoms with Crippen molar-refractivity contribution in [2.24, 2.45) is 0 Å². The quantitative estimate of drug-likeness (QED) is 0.611. The first-order chi connectivity index (χ1) is 12.6. The Kier molecular flexibility index (Phi) is 4.12. The van der Waals surface area contributed by atoms with Crippen LogP contribution in [0, 0.1) is 5.82 Å². The Balaban J connectivity index is 1.91. The molecule has 0 N–H and O–H groups in total. The zero-order valence-electron chi connectivity index (χ0n) is 15.1. The minimum absolute atomic E-state index is 0.159. The van der Waals surface area contributed by atoms with Crippen LogP contribution in [0.2, 0.25) is 0 Å². The summed E-state index contributed by atoms with van der Waals surface area (Å²) in [7, 11) is 4.05. The summed E-state index contributed by atoms with van der Waals surface area (Å²) in [6.07, 6.45) is 5.05. The fraction of sp³-hybridized carbons (Fsp3) is 0.167. The van der Waals surface area contributed by atoms with E-state index in [9.17, 15) is 4.39 Å². The third kappa shape index (κ3) is 2.72. The molecule has 130 valence electrons. The van der Waals surface area contributed by atoms with E-state index in [0.717, 1.165) is 23.2 Å². The number of hydrogen-bond acceptors (Lipinski definition) is 1. The maximum atomic E-state index is 14.8. The van der Waals surface area contributed by atoms with Crippen LogP contribution < -0.4 is 4.90 Å². The topological polar surface area (TPSA) is 3.24 Å². The van der Waals surface area contributed by atoms with E-state index in [1.165, 1.54) is 11.1 Å². The van der Waals surface area contributed by atoms with Gasteiger partial charge in [-0.3, -0.25) is 0 Å². The smallest absolute Gasteiger partial charge is 0.127 e. The van der Waals surface area contributed by atoms with Gasteiger partial charge in [-0.1, -0.05) is 66.7 Å². The van der Waals surface area contributed by atoms with Crippen LogP contribution >= 0.6 is 0 Å². The highest BCUT2D eigenvalue weighted by atomic mass is 19.1. The van der Waals surface area contributed by atoms with Crippen LogP contribution in [0.15, 0.2) is 78.9 Å². The van der Waals surface area contributed by atoms with Crippen LogP contribution in [0.1, 0.15) is 22.3 Å². The van der Waals surface area contributed by atoms with Gasteiger partial charge in [-0.05, 0) is 41.3 Å². The van der Waals surface area contributed by atoms with Gasteiger partial charge in [0.2, 0.25) is 0 Å². The maximum absolute atomic E-state index is 14.8. The van der Waals surface area contributed by atoms with E-state index in [0.29, 0.717) is 0 Å². The highest BCUT2D eigenvalue weighted by Gasteiger charge is 2.36. The highest BCUT2D eigenvalue weighted by molar-refractivity contribution is 5.65. The average molecular weight is 343 g/mol. The van der Waals surface area contributed by atoms with Crippen molar-refractivity contribution in [1.82, 2.24) is 0 Å². The van der Waals surface area contributed by atoms with E-state index < -0.39 is 5.41 Å². The Morgan fingerprint density at radius 1 is 0.846 bits per heavy atom. The Morgan fingerprint density at radius 2 is 1.54 bits per heavy atom. The van der Waals surface area contributed by atoms with Crippen molar-refractivity contribution in [3.8, 4) is 0 Å². The van der Waals surface area contributed by atoms with Gasteiger partial charge in [0.25, 0.3) is 0 Å². The molecular weight excluding hydrogens is 321 g/mol. The van der Waals surface area contributed by atoms with Crippen molar-refractivity contribution >= 4 is 11.8 Å².